The lowest BCUT2D eigenvalue weighted by atomic mass is 10.4. The molecule has 1 aliphatic rings. The Labute approximate surface area is 144 Å². The van der Waals surface area contributed by atoms with E-state index in [-0.39, 0.29) is 0 Å². The molecular formula is C16H20N2O3S2. The zero-order chi connectivity index (χ0) is 16.3. The first-order valence-electron chi connectivity index (χ1n) is 7.33. The molecule has 124 valence electrons. The minimum Gasteiger partial charge on any atom is -0.378 e. The number of carbonyl (C=O) groups excluding carboxylic acids is 2. The van der Waals surface area contributed by atoms with E-state index in [4.69, 9.17) is 4.74 Å². The number of amides is 2. The van der Waals surface area contributed by atoms with Crippen molar-refractivity contribution in [3.63, 3.8) is 0 Å². The van der Waals surface area contributed by atoms with Crippen molar-refractivity contribution in [3.8, 4) is 0 Å². The molecule has 0 N–H and O–H groups in total. The Bertz CT molecular complexity index is 516. The van der Waals surface area contributed by atoms with Crippen molar-refractivity contribution in [1.82, 2.24) is 9.80 Å². The molecule has 7 heteroatoms. The van der Waals surface area contributed by atoms with E-state index in [2.05, 4.69) is 12.1 Å². The predicted octanol–water partition coefficient (Wildman–Crippen LogP) is 2.44. The van der Waals surface area contributed by atoms with Gasteiger partial charge < -0.3 is 14.5 Å². The molecular weight excluding hydrogens is 332 g/mol. The molecule has 0 aromatic carbocycles. The molecule has 5 nitrogen and oxygen atoms in total. The van der Waals surface area contributed by atoms with E-state index in [1.54, 1.807) is 32.5 Å². The maximum Gasteiger partial charge on any atom is 0.210 e. The van der Waals surface area contributed by atoms with E-state index in [9.17, 15) is 9.59 Å². The smallest absolute Gasteiger partial charge is 0.210 e. The van der Waals surface area contributed by atoms with Crippen LogP contribution in [-0.4, -0.2) is 48.9 Å². The van der Waals surface area contributed by atoms with Gasteiger partial charge in [0.05, 0.1) is 26.3 Å². The van der Waals surface area contributed by atoms with Crippen molar-refractivity contribution in [3.05, 3.63) is 44.8 Å². The van der Waals surface area contributed by atoms with Crippen LogP contribution < -0.4 is 0 Å². The molecule has 0 saturated carbocycles. The standard InChI is InChI=1S/C11H11NOS2.C5H9NO2/c13-9-12(7-10-3-1-5-14-10)8-11-4-2-6-15-11;7-5-6-1-3-8-4-2-6/h1-6,9H,7-8H2;5H,1-4H2. The molecule has 2 aromatic rings. The molecule has 0 unspecified atom stereocenters. The molecule has 3 heterocycles. The lowest BCUT2D eigenvalue weighted by molar-refractivity contribution is -0.122. The Morgan fingerprint density at radius 1 is 1.04 bits per heavy atom. The predicted molar refractivity (Wildman–Crippen MR) is 92.4 cm³/mol. The molecule has 0 aliphatic carbocycles. The minimum absolute atomic E-state index is 0.693. The second-order valence-corrected chi connectivity index (χ2v) is 6.99. The number of hydrogen-bond donors (Lipinski definition) is 0. The lowest BCUT2D eigenvalue weighted by Gasteiger charge is -2.21. The largest absolute Gasteiger partial charge is 0.378 e. The normalized spacial score (nSPS) is 13.8. The van der Waals surface area contributed by atoms with Crippen LogP contribution in [0.5, 0.6) is 0 Å². The van der Waals surface area contributed by atoms with Crippen LogP contribution in [0.3, 0.4) is 0 Å². The van der Waals surface area contributed by atoms with Gasteiger partial charge in [0.2, 0.25) is 12.8 Å². The van der Waals surface area contributed by atoms with E-state index >= 15 is 0 Å². The fraction of sp³-hybridized carbons (Fsp3) is 0.375. The van der Waals surface area contributed by atoms with Gasteiger partial charge in [0.25, 0.3) is 0 Å². The molecule has 0 radical (unpaired) electrons. The molecule has 0 bridgehead atoms. The lowest BCUT2D eigenvalue weighted by Crippen LogP contribution is -2.34. The number of thiophene rings is 2. The third-order valence-electron chi connectivity index (χ3n) is 3.22. The molecule has 1 aliphatic heterocycles. The van der Waals surface area contributed by atoms with Gasteiger partial charge in [0.1, 0.15) is 0 Å². The monoisotopic (exact) mass is 352 g/mol. The molecule has 23 heavy (non-hydrogen) atoms. The van der Waals surface area contributed by atoms with Crippen LogP contribution in [0.2, 0.25) is 0 Å². The Kier molecular flexibility index (Phi) is 7.79. The van der Waals surface area contributed by atoms with Gasteiger partial charge in [0.15, 0.2) is 0 Å². The number of carbonyl (C=O) groups is 2. The van der Waals surface area contributed by atoms with Crippen molar-refractivity contribution in [2.24, 2.45) is 0 Å². The number of nitrogens with zero attached hydrogens (tertiary/aromatic N) is 2. The Hall–Kier alpha value is -1.70. The summed E-state index contributed by atoms with van der Waals surface area (Å²) in [5.74, 6) is 0. The summed E-state index contributed by atoms with van der Waals surface area (Å²) in [6.07, 6.45) is 1.78. The summed E-state index contributed by atoms with van der Waals surface area (Å²) >= 11 is 3.36. The summed E-state index contributed by atoms with van der Waals surface area (Å²) < 4.78 is 5.00. The maximum atomic E-state index is 10.9. The number of rotatable bonds is 6. The highest BCUT2D eigenvalue weighted by Crippen LogP contribution is 2.15. The maximum absolute atomic E-state index is 10.9. The van der Waals surface area contributed by atoms with E-state index in [0.29, 0.717) is 26.3 Å². The van der Waals surface area contributed by atoms with Gasteiger partial charge in [-0.15, -0.1) is 22.7 Å². The molecule has 2 aromatic heterocycles. The van der Waals surface area contributed by atoms with Crippen LogP contribution in [0.4, 0.5) is 0 Å². The van der Waals surface area contributed by atoms with Crippen LogP contribution in [0.1, 0.15) is 9.75 Å². The summed E-state index contributed by atoms with van der Waals surface area (Å²) in [5.41, 5.74) is 0. The van der Waals surface area contributed by atoms with Crippen molar-refractivity contribution in [1.29, 1.82) is 0 Å². The van der Waals surface area contributed by atoms with E-state index in [0.717, 1.165) is 25.9 Å². The van der Waals surface area contributed by atoms with Gasteiger partial charge >= 0.3 is 0 Å². The summed E-state index contributed by atoms with van der Waals surface area (Å²) in [4.78, 5) is 26.9. The van der Waals surface area contributed by atoms with Crippen molar-refractivity contribution < 1.29 is 14.3 Å². The summed E-state index contributed by atoms with van der Waals surface area (Å²) in [6, 6.07) is 8.12. The van der Waals surface area contributed by atoms with Crippen molar-refractivity contribution in [2.45, 2.75) is 13.1 Å². The quantitative estimate of drug-likeness (QED) is 0.751. The molecule has 0 atom stereocenters. The topological polar surface area (TPSA) is 49.9 Å². The van der Waals surface area contributed by atoms with Gasteiger partial charge in [-0.2, -0.15) is 0 Å². The summed E-state index contributed by atoms with van der Waals surface area (Å²) in [5, 5.41) is 4.06. The first-order valence-corrected chi connectivity index (χ1v) is 9.09. The minimum atomic E-state index is 0.693. The molecule has 0 spiro atoms. The number of hydrogen-bond acceptors (Lipinski definition) is 5. The Balaban J connectivity index is 0.000000203. The van der Waals surface area contributed by atoms with Gasteiger partial charge in [-0.1, -0.05) is 12.1 Å². The molecule has 1 fully saturated rings. The van der Waals surface area contributed by atoms with Gasteiger partial charge in [0, 0.05) is 22.8 Å². The second-order valence-electron chi connectivity index (χ2n) is 4.92. The third-order valence-corrected chi connectivity index (χ3v) is 4.94. The van der Waals surface area contributed by atoms with Crippen molar-refractivity contribution >= 4 is 35.5 Å². The zero-order valence-electron chi connectivity index (χ0n) is 12.8. The summed E-state index contributed by atoms with van der Waals surface area (Å²) in [6.45, 7) is 4.31. The highest BCUT2D eigenvalue weighted by molar-refractivity contribution is 7.10. The third kappa shape index (κ3) is 6.52. The fourth-order valence-corrected chi connectivity index (χ4v) is 3.48. The Morgan fingerprint density at radius 3 is 1.96 bits per heavy atom. The molecule has 1 saturated heterocycles. The molecule has 3 rings (SSSR count). The SMILES string of the molecule is O=CN(Cc1cccs1)Cc1cccs1.O=CN1CCOCC1. The fourth-order valence-electron chi connectivity index (χ4n) is 2.02. The number of morpholine rings is 1. The van der Waals surface area contributed by atoms with Crippen LogP contribution in [0.15, 0.2) is 35.0 Å². The second kappa shape index (κ2) is 10.1. The molecule has 2 amide bonds. The first kappa shape index (κ1) is 17.7. The highest BCUT2D eigenvalue weighted by atomic mass is 32.1. The van der Waals surface area contributed by atoms with Gasteiger partial charge in [-0.3, -0.25) is 9.59 Å². The van der Waals surface area contributed by atoms with Gasteiger partial charge in [-0.25, -0.2) is 0 Å². The van der Waals surface area contributed by atoms with E-state index in [1.807, 2.05) is 22.9 Å². The zero-order valence-corrected chi connectivity index (χ0v) is 14.4. The average molecular weight is 352 g/mol. The van der Waals surface area contributed by atoms with E-state index < -0.39 is 0 Å². The summed E-state index contributed by atoms with van der Waals surface area (Å²) in [7, 11) is 0. The van der Waals surface area contributed by atoms with Crippen molar-refractivity contribution in [2.75, 3.05) is 26.3 Å². The van der Waals surface area contributed by atoms with Crippen LogP contribution in [0, 0.1) is 0 Å². The number of ether oxygens (including phenoxy) is 1. The van der Waals surface area contributed by atoms with E-state index in [1.165, 1.54) is 9.75 Å². The van der Waals surface area contributed by atoms with Gasteiger partial charge in [-0.05, 0) is 22.9 Å². The highest BCUT2D eigenvalue weighted by Gasteiger charge is 2.06. The van der Waals surface area contributed by atoms with Crippen LogP contribution in [-0.2, 0) is 27.4 Å². The average Bonchev–Trinajstić information content (AvgIpc) is 3.29. The Morgan fingerprint density at radius 2 is 1.61 bits per heavy atom. The first-order chi connectivity index (χ1) is 11.3. The van der Waals surface area contributed by atoms with Crippen LogP contribution >= 0.6 is 22.7 Å². The van der Waals surface area contributed by atoms with Crippen LogP contribution in [0.25, 0.3) is 0 Å².